The Bertz CT molecular complexity index is 546. The van der Waals surface area contributed by atoms with E-state index in [1.54, 1.807) is 0 Å². The molecule has 4 heteroatoms. The first kappa shape index (κ1) is 11.9. The summed E-state index contributed by atoms with van der Waals surface area (Å²) in [5.41, 5.74) is 3.17. The van der Waals surface area contributed by atoms with Crippen molar-refractivity contribution in [2.45, 2.75) is 6.92 Å². The van der Waals surface area contributed by atoms with Gasteiger partial charge < -0.3 is 9.72 Å². The van der Waals surface area contributed by atoms with Crippen LogP contribution in [-0.2, 0) is 4.74 Å². The molecule has 1 N–H and O–H groups in total. The Hall–Kier alpha value is -1.55. The number of benzene rings is 1. The Labute approximate surface area is 108 Å². The highest BCUT2D eigenvalue weighted by Gasteiger charge is 2.20. The molecule has 0 unspecified atom stereocenters. The number of ether oxygens (including phenoxy) is 1. The number of aromatic nitrogens is 1. The summed E-state index contributed by atoms with van der Waals surface area (Å²) in [5.74, 6) is -0.330. The van der Waals surface area contributed by atoms with Gasteiger partial charge in [0.05, 0.1) is 23.0 Å². The van der Waals surface area contributed by atoms with Gasteiger partial charge in [-0.3, -0.25) is 0 Å². The van der Waals surface area contributed by atoms with Crippen LogP contribution < -0.4 is 0 Å². The molecule has 1 aromatic heterocycles. The predicted molar refractivity (Wildman–Crippen MR) is 70.0 cm³/mol. The van der Waals surface area contributed by atoms with Gasteiger partial charge in [0.1, 0.15) is 0 Å². The van der Waals surface area contributed by atoms with E-state index >= 15 is 0 Å². The number of carbonyl (C=O) groups is 1. The summed E-state index contributed by atoms with van der Waals surface area (Å²) in [6.45, 7) is 1.87. The maximum atomic E-state index is 11.8. The molecule has 1 heterocycles. The van der Waals surface area contributed by atoms with Crippen LogP contribution in [0, 0.1) is 6.92 Å². The minimum Gasteiger partial charge on any atom is -0.465 e. The molecule has 0 saturated carbocycles. The molecule has 0 spiro atoms. The van der Waals surface area contributed by atoms with E-state index in [0.29, 0.717) is 5.56 Å². The molecule has 3 nitrogen and oxygen atoms in total. The van der Waals surface area contributed by atoms with E-state index in [1.807, 2.05) is 37.3 Å². The molecule has 0 saturated heterocycles. The zero-order valence-electron chi connectivity index (χ0n) is 9.58. The topological polar surface area (TPSA) is 42.1 Å². The highest BCUT2D eigenvalue weighted by Crippen LogP contribution is 2.30. The first-order chi connectivity index (χ1) is 8.15. The van der Waals surface area contributed by atoms with E-state index in [-0.39, 0.29) is 5.97 Å². The molecule has 88 valence electrons. The maximum absolute atomic E-state index is 11.8. The number of carbonyl (C=O) groups excluding carboxylic acids is 1. The van der Waals surface area contributed by atoms with Gasteiger partial charge in [0.25, 0.3) is 0 Å². The zero-order valence-corrected chi connectivity index (χ0v) is 11.2. The molecular weight excluding hydrogens is 282 g/mol. The van der Waals surface area contributed by atoms with Gasteiger partial charge in [-0.25, -0.2) is 4.79 Å². The van der Waals surface area contributed by atoms with Crippen molar-refractivity contribution in [3.05, 3.63) is 46.1 Å². The van der Waals surface area contributed by atoms with E-state index in [4.69, 9.17) is 4.74 Å². The fourth-order valence-corrected chi connectivity index (χ4v) is 2.14. The van der Waals surface area contributed by atoms with Crippen LogP contribution in [0.15, 0.2) is 34.9 Å². The first-order valence-corrected chi connectivity index (χ1v) is 5.96. The summed E-state index contributed by atoms with van der Waals surface area (Å²) in [4.78, 5) is 14.9. The molecule has 0 fully saturated rings. The summed E-state index contributed by atoms with van der Waals surface area (Å²) >= 11 is 3.40. The van der Waals surface area contributed by atoms with Crippen molar-refractivity contribution in [3.63, 3.8) is 0 Å². The van der Waals surface area contributed by atoms with E-state index < -0.39 is 0 Å². The largest absolute Gasteiger partial charge is 0.465 e. The Morgan fingerprint density at radius 3 is 2.53 bits per heavy atom. The number of halogens is 1. The third-order valence-corrected chi connectivity index (χ3v) is 3.43. The molecule has 2 aromatic rings. The van der Waals surface area contributed by atoms with Crippen molar-refractivity contribution < 1.29 is 9.53 Å². The number of nitrogens with one attached hydrogen (secondary N) is 1. The molecule has 2 rings (SSSR count). The third-order valence-electron chi connectivity index (χ3n) is 2.64. The number of H-pyrrole nitrogens is 1. The third kappa shape index (κ3) is 2.13. The zero-order chi connectivity index (χ0) is 12.4. The molecule has 1 aromatic carbocycles. The van der Waals surface area contributed by atoms with Gasteiger partial charge in [-0.2, -0.15) is 0 Å². The van der Waals surface area contributed by atoms with Crippen LogP contribution in [0.2, 0.25) is 0 Å². The van der Waals surface area contributed by atoms with Gasteiger partial charge in [0, 0.05) is 0 Å². The second-order valence-electron chi connectivity index (χ2n) is 3.67. The van der Waals surface area contributed by atoms with Crippen molar-refractivity contribution >= 4 is 21.9 Å². The van der Waals surface area contributed by atoms with Crippen LogP contribution in [0.1, 0.15) is 15.9 Å². The SMILES string of the molecule is COC(=O)c1c(-c2ccccc2)[nH]c(Br)c1C. The molecule has 0 aliphatic rings. The molecule has 0 aliphatic heterocycles. The quantitative estimate of drug-likeness (QED) is 0.861. The minimum absolute atomic E-state index is 0.330. The van der Waals surface area contributed by atoms with Gasteiger partial charge in [0.2, 0.25) is 0 Å². The van der Waals surface area contributed by atoms with Gasteiger partial charge in [-0.05, 0) is 34.0 Å². The van der Waals surface area contributed by atoms with Gasteiger partial charge in [-0.1, -0.05) is 30.3 Å². The van der Waals surface area contributed by atoms with Gasteiger partial charge in [-0.15, -0.1) is 0 Å². The Morgan fingerprint density at radius 2 is 1.94 bits per heavy atom. The second-order valence-corrected chi connectivity index (χ2v) is 4.46. The van der Waals surface area contributed by atoms with E-state index in [9.17, 15) is 4.79 Å². The lowest BCUT2D eigenvalue weighted by Crippen LogP contribution is -2.03. The van der Waals surface area contributed by atoms with Crippen molar-refractivity contribution in [3.8, 4) is 11.3 Å². The summed E-state index contributed by atoms with van der Waals surface area (Å²) in [5, 5.41) is 0. The Kier molecular flexibility index (Phi) is 3.33. The van der Waals surface area contributed by atoms with Crippen molar-refractivity contribution in [2.24, 2.45) is 0 Å². The van der Waals surface area contributed by atoms with Gasteiger partial charge in [0.15, 0.2) is 0 Å². The number of esters is 1. The number of methoxy groups -OCH3 is 1. The summed E-state index contributed by atoms with van der Waals surface area (Å²) in [7, 11) is 1.39. The predicted octanol–water partition coefficient (Wildman–Crippen LogP) is 3.54. The van der Waals surface area contributed by atoms with Crippen molar-refractivity contribution in [1.82, 2.24) is 4.98 Å². The first-order valence-electron chi connectivity index (χ1n) is 5.17. The van der Waals surface area contributed by atoms with Crippen molar-refractivity contribution in [1.29, 1.82) is 0 Å². The average molecular weight is 294 g/mol. The summed E-state index contributed by atoms with van der Waals surface area (Å²) in [6, 6.07) is 9.70. The fraction of sp³-hybridized carbons (Fsp3) is 0.154. The lowest BCUT2D eigenvalue weighted by atomic mass is 10.1. The summed E-state index contributed by atoms with van der Waals surface area (Å²) < 4.78 is 5.62. The van der Waals surface area contributed by atoms with Crippen LogP contribution in [0.3, 0.4) is 0 Å². The normalized spacial score (nSPS) is 10.3. The van der Waals surface area contributed by atoms with Crippen LogP contribution in [0.25, 0.3) is 11.3 Å². The molecule has 0 radical (unpaired) electrons. The number of hydrogen-bond acceptors (Lipinski definition) is 2. The molecule has 0 bridgehead atoms. The molecular formula is C13H12BrNO2. The van der Waals surface area contributed by atoms with Crippen LogP contribution in [0.5, 0.6) is 0 Å². The van der Waals surface area contributed by atoms with E-state index in [1.165, 1.54) is 7.11 Å². The lowest BCUT2D eigenvalue weighted by Gasteiger charge is -2.03. The fourth-order valence-electron chi connectivity index (χ4n) is 1.74. The highest BCUT2D eigenvalue weighted by atomic mass is 79.9. The molecule has 0 atom stereocenters. The van der Waals surface area contributed by atoms with E-state index in [2.05, 4.69) is 20.9 Å². The number of hydrogen-bond donors (Lipinski definition) is 1. The van der Waals surface area contributed by atoms with Crippen LogP contribution in [0.4, 0.5) is 0 Å². The van der Waals surface area contributed by atoms with Crippen LogP contribution in [-0.4, -0.2) is 18.1 Å². The maximum Gasteiger partial charge on any atom is 0.340 e. The monoisotopic (exact) mass is 293 g/mol. The number of aromatic amines is 1. The van der Waals surface area contributed by atoms with Gasteiger partial charge >= 0.3 is 5.97 Å². The second kappa shape index (κ2) is 4.75. The van der Waals surface area contributed by atoms with E-state index in [0.717, 1.165) is 21.4 Å². The Morgan fingerprint density at radius 1 is 1.29 bits per heavy atom. The average Bonchev–Trinajstić information content (AvgIpc) is 2.66. The Balaban J connectivity index is 2.62. The lowest BCUT2D eigenvalue weighted by molar-refractivity contribution is 0.0601. The standard InChI is InChI=1S/C13H12BrNO2/c1-8-10(13(16)17-2)11(15-12(8)14)9-6-4-3-5-7-9/h3-7,15H,1-2H3. The molecule has 0 amide bonds. The smallest absolute Gasteiger partial charge is 0.340 e. The van der Waals surface area contributed by atoms with Crippen molar-refractivity contribution in [2.75, 3.05) is 7.11 Å². The van der Waals surface area contributed by atoms with Crippen LogP contribution >= 0.6 is 15.9 Å². The highest BCUT2D eigenvalue weighted by molar-refractivity contribution is 9.10. The number of rotatable bonds is 2. The summed E-state index contributed by atoms with van der Waals surface area (Å²) in [6.07, 6.45) is 0. The minimum atomic E-state index is -0.330. The molecule has 17 heavy (non-hydrogen) atoms. The molecule has 0 aliphatic carbocycles.